The minimum atomic E-state index is -0.413. The highest BCUT2D eigenvalue weighted by Gasteiger charge is 2.08. The normalized spacial score (nSPS) is 10.3. The molecule has 0 spiro atoms. The van der Waals surface area contributed by atoms with Gasteiger partial charge in [0.25, 0.3) is 0 Å². The molecule has 2 rings (SSSR count). The minimum absolute atomic E-state index is 0.295. The third-order valence-corrected chi connectivity index (χ3v) is 3.18. The summed E-state index contributed by atoms with van der Waals surface area (Å²) in [5.74, 6) is 0.473. The molecule has 0 unspecified atom stereocenters. The van der Waals surface area contributed by atoms with Crippen LogP contribution >= 0.6 is 31.9 Å². The van der Waals surface area contributed by atoms with Gasteiger partial charge >= 0.3 is 0 Å². The number of ether oxygens (including phenoxy) is 1. The molecule has 88 valence electrons. The molecular formula is C12H8Br2FNO. The van der Waals surface area contributed by atoms with E-state index in [2.05, 4.69) is 31.9 Å². The van der Waals surface area contributed by atoms with Gasteiger partial charge in [0.05, 0.1) is 10.2 Å². The molecule has 0 saturated carbocycles. The zero-order chi connectivity index (χ0) is 12.4. The Bertz CT molecular complexity index is 560. The van der Waals surface area contributed by atoms with E-state index in [1.807, 2.05) is 12.1 Å². The number of benzene rings is 2. The molecule has 0 radical (unpaired) electrons. The number of nitrogen functional groups attached to an aromatic ring is 1. The second-order valence-corrected chi connectivity index (χ2v) is 5.13. The van der Waals surface area contributed by atoms with Crippen molar-refractivity contribution >= 4 is 37.5 Å². The first kappa shape index (κ1) is 12.4. The van der Waals surface area contributed by atoms with E-state index in [0.717, 1.165) is 4.47 Å². The van der Waals surface area contributed by atoms with Crippen LogP contribution in [0.1, 0.15) is 0 Å². The van der Waals surface area contributed by atoms with Gasteiger partial charge in [0.2, 0.25) is 0 Å². The SMILES string of the molecule is Nc1cc(Br)c(F)cc1Oc1cccc(Br)c1. The lowest BCUT2D eigenvalue weighted by molar-refractivity contribution is 0.478. The summed E-state index contributed by atoms with van der Waals surface area (Å²) in [6.07, 6.45) is 0. The molecule has 17 heavy (non-hydrogen) atoms. The van der Waals surface area contributed by atoms with Crippen molar-refractivity contribution in [1.82, 2.24) is 0 Å². The van der Waals surface area contributed by atoms with E-state index in [0.29, 0.717) is 21.7 Å². The Morgan fingerprint density at radius 2 is 1.88 bits per heavy atom. The van der Waals surface area contributed by atoms with Crippen LogP contribution in [-0.2, 0) is 0 Å². The Hall–Kier alpha value is -1.07. The number of rotatable bonds is 2. The van der Waals surface area contributed by atoms with Crippen LogP contribution in [0.3, 0.4) is 0 Å². The molecule has 0 aromatic heterocycles. The number of anilines is 1. The van der Waals surface area contributed by atoms with E-state index in [4.69, 9.17) is 10.5 Å². The second kappa shape index (κ2) is 5.06. The number of hydrogen-bond acceptors (Lipinski definition) is 2. The predicted octanol–water partition coefficient (Wildman–Crippen LogP) is 4.73. The molecule has 0 heterocycles. The Balaban J connectivity index is 2.33. The first-order valence-corrected chi connectivity index (χ1v) is 6.33. The average molecular weight is 361 g/mol. The summed E-state index contributed by atoms with van der Waals surface area (Å²) in [5, 5.41) is 0. The quantitative estimate of drug-likeness (QED) is 0.786. The number of halogens is 3. The molecule has 2 aromatic carbocycles. The molecule has 0 amide bonds. The summed E-state index contributed by atoms with van der Waals surface area (Å²) in [6.45, 7) is 0. The first-order chi connectivity index (χ1) is 8.06. The molecule has 0 aliphatic heterocycles. The topological polar surface area (TPSA) is 35.2 Å². The molecule has 5 heteroatoms. The van der Waals surface area contributed by atoms with Gasteiger partial charge in [0.1, 0.15) is 11.6 Å². The van der Waals surface area contributed by atoms with Crippen LogP contribution in [-0.4, -0.2) is 0 Å². The molecule has 0 saturated heterocycles. The summed E-state index contributed by atoms with van der Waals surface area (Å²) < 4.78 is 20.1. The Kier molecular flexibility index (Phi) is 3.69. The fraction of sp³-hybridized carbons (Fsp3) is 0. The average Bonchev–Trinajstić information content (AvgIpc) is 2.26. The van der Waals surface area contributed by atoms with Crippen molar-refractivity contribution in [2.75, 3.05) is 5.73 Å². The van der Waals surface area contributed by atoms with Gasteiger partial charge in [-0.05, 0) is 40.2 Å². The maximum atomic E-state index is 13.3. The monoisotopic (exact) mass is 359 g/mol. The van der Waals surface area contributed by atoms with Crippen LogP contribution < -0.4 is 10.5 Å². The maximum absolute atomic E-state index is 13.3. The fourth-order valence-corrected chi connectivity index (χ4v) is 2.03. The zero-order valence-corrected chi connectivity index (χ0v) is 11.8. The maximum Gasteiger partial charge on any atom is 0.153 e. The highest BCUT2D eigenvalue weighted by Crippen LogP contribution is 2.32. The third-order valence-electron chi connectivity index (χ3n) is 2.08. The van der Waals surface area contributed by atoms with Crippen LogP contribution in [0.25, 0.3) is 0 Å². The van der Waals surface area contributed by atoms with Crippen molar-refractivity contribution in [3.63, 3.8) is 0 Å². The first-order valence-electron chi connectivity index (χ1n) is 4.74. The number of nitrogens with two attached hydrogens (primary N) is 1. The standard InChI is InChI=1S/C12H8Br2FNO/c13-7-2-1-3-8(4-7)17-12-6-10(15)9(14)5-11(12)16/h1-6H,16H2. The smallest absolute Gasteiger partial charge is 0.153 e. The van der Waals surface area contributed by atoms with Gasteiger partial charge in [-0.1, -0.05) is 22.0 Å². The summed E-state index contributed by atoms with van der Waals surface area (Å²) >= 11 is 6.39. The lowest BCUT2D eigenvalue weighted by Crippen LogP contribution is -1.94. The molecule has 0 aliphatic carbocycles. The van der Waals surface area contributed by atoms with E-state index < -0.39 is 5.82 Å². The minimum Gasteiger partial charge on any atom is -0.455 e. The molecule has 2 N–H and O–H groups in total. The Labute approximate surface area is 115 Å². The van der Waals surface area contributed by atoms with Crippen molar-refractivity contribution in [3.05, 3.63) is 51.2 Å². The third kappa shape index (κ3) is 2.98. The summed E-state index contributed by atoms with van der Waals surface area (Å²) in [5.41, 5.74) is 6.12. The molecule has 0 atom stereocenters. The van der Waals surface area contributed by atoms with Crippen LogP contribution in [0.15, 0.2) is 45.3 Å². The van der Waals surface area contributed by atoms with Crippen LogP contribution in [0.4, 0.5) is 10.1 Å². The Morgan fingerprint density at radius 3 is 2.59 bits per heavy atom. The zero-order valence-electron chi connectivity index (χ0n) is 8.58. The van der Waals surface area contributed by atoms with Gasteiger partial charge in [-0.25, -0.2) is 4.39 Å². The largest absolute Gasteiger partial charge is 0.455 e. The summed E-state index contributed by atoms with van der Waals surface area (Å²) in [7, 11) is 0. The van der Waals surface area contributed by atoms with Crippen molar-refractivity contribution in [3.8, 4) is 11.5 Å². The molecule has 0 aliphatic rings. The lowest BCUT2D eigenvalue weighted by atomic mass is 10.3. The highest BCUT2D eigenvalue weighted by molar-refractivity contribution is 9.10. The van der Waals surface area contributed by atoms with Crippen molar-refractivity contribution in [1.29, 1.82) is 0 Å². The molecule has 0 fully saturated rings. The van der Waals surface area contributed by atoms with Crippen molar-refractivity contribution in [2.24, 2.45) is 0 Å². The highest BCUT2D eigenvalue weighted by atomic mass is 79.9. The number of hydrogen-bond donors (Lipinski definition) is 1. The van der Waals surface area contributed by atoms with Gasteiger partial charge in [-0.3, -0.25) is 0 Å². The van der Waals surface area contributed by atoms with Crippen molar-refractivity contribution < 1.29 is 9.13 Å². The Morgan fingerprint density at radius 1 is 1.12 bits per heavy atom. The summed E-state index contributed by atoms with van der Waals surface area (Å²) in [4.78, 5) is 0. The summed E-state index contributed by atoms with van der Waals surface area (Å²) in [6, 6.07) is 9.97. The molecule has 2 nitrogen and oxygen atoms in total. The van der Waals surface area contributed by atoms with E-state index in [1.165, 1.54) is 12.1 Å². The molecular weight excluding hydrogens is 353 g/mol. The molecule has 0 bridgehead atoms. The van der Waals surface area contributed by atoms with E-state index >= 15 is 0 Å². The van der Waals surface area contributed by atoms with Gasteiger partial charge in [-0.2, -0.15) is 0 Å². The lowest BCUT2D eigenvalue weighted by Gasteiger charge is -2.09. The van der Waals surface area contributed by atoms with E-state index in [-0.39, 0.29) is 0 Å². The van der Waals surface area contributed by atoms with Crippen LogP contribution in [0.5, 0.6) is 11.5 Å². The predicted molar refractivity (Wildman–Crippen MR) is 72.7 cm³/mol. The van der Waals surface area contributed by atoms with E-state index in [1.54, 1.807) is 12.1 Å². The van der Waals surface area contributed by atoms with Gasteiger partial charge in [0, 0.05) is 10.5 Å². The van der Waals surface area contributed by atoms with Gasteiger partial charge in [-0.15, -0.1) is 0 Å². The second-order valence-electron chi connectivity index (χ2n) is 3.36. The van der Waals surface area contributed by atoms with E-state index in [9.17, 15) is 4.39 Å². The van der Waals surface area contributed by atoms with Crippen LogP contribution in [0, 0.1) is 5.82 Å². The molecule has 2 aromatic rings. The fourth-order valence-electron chi connectivity index (χ4n) is 1.29. The van der Waals surface area contributed by atoms with Crippen LogP contribution in [0.2, 0.25) is 0 Å². The van der Waals surface area contributed by atoms with Gasteiger partial charge in [0.15, 0.2) is 5.75 Å². The van der Waals surface area contributed by atoms with Crippen molar-refractivity contribution in [2.45, 2.75) is 0 Å². The van der Waals surface area contributed by atoms with Gasteiger partial charge < -0.3 is 10.5 Å².